The van der Waals surface area contributed by atoms with Crippen molar-refractivity contribution in [2.75, 3.05) is 6.61 Å². The summed E-state index contributed by atoms with van der Waals surface area (Å²) in [6.45, 7) is 3.89. The van der Waals surface area contributed by atoms with E-state index < -0.39 is 23.4 Å². The highest BCUT2D eigenvalue weighted by Gasteiger charge is 2.30. The third kappa shape index (κ3) is 4.09. The second-order valence-electron chi connectivity index (χ2n) is 7.23. The average molecular weight is 350 g/mol. The number of hydrogen-bond acceptors (Lipinski definition) is 3. The van der Waals surface area contributed by atoms with Crippen LogP contribution >= 0.6 is 0 Å². The third-order valence-corrected chi connectivity index (χ3v) is 5.34. The van der Waals surface area contributed by atoms with Crippen LogP contribution in [-0.4, -0.2) is 18.7 Å². The predicted octanol–water partition coefficient (Wildman–Crippen LogP) is 4.72. The summed E-state index contributed by atoms with van der Waals surface area (Å²) in [4.78, 5) is 12.2. The lowest BCUT2D eigenvalue weighted by Crippen LogP contribution is -2.32. The van der Waals surface area contributed by atoms with Gasteiger partial charge in [0.25, 0.3) is 0 Å². The van der Waals surface area contributed by atoms with Crippen LogP contribution in [0, 0.1) is 30.4 Å². The first-order valence-corrected chi connectivity index (χ1v) is 8.93. The molecular formula is C20H24F2O3. The highest BCUT2D eigenvalue weighted by atomic mass is 19.2. The Hall–Kier alpha value is -1.75. The van der Waals surface area contributed by atoms with Crippen LogP contribution in [0.2, 0.25) is 0 Å². The Morgan fingerprint density at radius 2 is 1.88 bits per heavy atom. The molecule has 3 rings (SSSR count). The topological polar surface area (TPSA) is 35.5 Å². The molecule has 5 heteroatoms. The Labute approximate surface area is 147 Å². The molecule has 1 aliphatic heterocycles. The van der Waals surface area contributed by atoms with Crippen LogP contribution in [0.4, 0.5) is 8.78 Å². The molecule has 1 fully saturated rings. The zero-order chi connectivity index (χ0) is 18.0. The monoisotopic (exact) mass is 350 g/mol. The minimum Gasteiger partial charge on any atom is -0.420 e. The maximum atomic E-state index is 13.8. The van der Waals surface area contributed by atoms with Crippen LogP contribution in [0.3, 0.4) is 0 Å². The molecule has 0 amide bonds. The lowest BCUT2D eigenvalue weighted by atomic mass is 9.79. The fraction of sp³-hybridized carbons (Fsp3) is 0.550. The Morgan fingerprint density at radius 3 is 2.52 bits per heavy atom. The standard InChI is InChI=1S/C20H24F2O3/c1-12-3-6-14(7-4-12)16-10-8-15(11-24-16)20(23)25-17-9-5-13(2)18(21)19(17)22/h5,8-9,12,14,16H,3-4,6-7,10-11H2,1-2H3. The van der Waals surface area contributed by atoms with Gasteiger partial charge in [-0.05, 0) is 49.7 Å². The Bertz CT molecular complexity index is 676. The van der Waals surface area contributed by atoms with Gasteiger partial charge in [0.05, 0.1) is 18.3 Å². The van der Waals surface area contributed by atoms with Gasteiger partial charge in [-0.15, -0.1) is 0 Å². The van der Waals surface area contributed by atoms with Crippen LogP contribution in [0.5, 0.6) is 5.75 Å². The SMILES string of the molecule is Cc1ccc(OC(=O)C2=CCC(C3CCC(C)CC3)OC2)c(F)c1F. The first-order valence-electron chi connectivity index (χ1n) is 8.93. The van der Waals surface area contributed by atoms with Crippen molar-refractivity contribution in [2.45, 2.75) is 52.1 Å². The molecule has 1 atom stereocenters. The minimum absolute atomic E-state index is 0.137. The maximum Gasteiger partial charge on any atom is 0.341 e. The summed E-state index contributed by atoms with van der Waals surface area (Å²) in [6, 6.07) is 2.65. The molecule has 25 heavy (non-hydrogen) atoms. The van der Waals surface area contributed by atoms with Crippen molar-refractivity contribution >= 4 is 5.97 Å². The highest BCUT2D eigenvalue weighted by Crippen LogP contribution is 2.34. The molecule has 1 aromatic carbocycles. The van der Waals surface area contributed by atoms with Crippen LogP contribution in [0.25, 0.3) is 0 Å². The van der Waals surface area contributed by atoms with Gasteiger partial charge in [-0.1, -0.05) is 31.9 Å². The summed E-state index contributed by atoms with van der Waals surface area (Å²) < 4.78 is 38.3. The number of hydrogen-bond donors (Lipinski definition) is 0. The van der Waals surface area contributed by atoms with Crippen LogP contribution in [0.1, 0.15) is 44.6 Å². The number of ether oxygens (including phenoxy) is 2. The molecule has 1 aromatic rings. The summed E-state index contributed by atoms with van der Waals surface area (Å²) in [5, 5.41) is 0. The van der Waals surface area contributed by atoms with Crippen molar-refractivity contribution in [3.8, 4) is 5.75 Å². The molecule has 1 aliphatic carbocycles. The molecule has 2 aliphatic rings. The van der Waals surface area contributed by atoms with Gasteiger partial charge in [-0.3, -0.25) is 0 Å². The van der Waals surface area contributed by atoms with Gasteiger partial charge in [0.2, 0.25) is 5.82 Å². The van der Waals surface area contributed by atoms with Gasteiger partial charge in [0.15, 0.2) is 11.6 Å². The summed E-state index contributed by atoms with van der Waals surface area (Å²) in [5.41, 5.74) is 0.531. The van der Waals surface area contributed by atoms with Crippen molar-refractivity contribution in [3.63, 3.8) is 0 Å². The molecule has 0 spiro atoms. The summed E-state index contributed by atoms with van der Waals surface area (Å²) >= 11 is 0. The fourth-order valence-corrected chi connectivity index (χ4v) is 3.58. The molecule has 1 unspecified atom stereocenters. The van der Waals surface area contributed by atoms with E-state index in [4.69, 9.17) is 9.47 Å². The van der Waals surface area contributed by atoms with E-state index in [2.05, 4.69) is 6.92 Å². The molecule has 1 heterocycles. The van der Waals surface area contributed by atoms with E-state index in [1.54, 1.807) is 0 Å². The Kier molecular flexibility index (Phi) is 5.52. The minimum atomic E-state index is -1.14. The van der Waals surface area contributed by atoms with E-state index in [-0.39, 0.29) is 18.3 Å². The van der Waals surface area contributed by atoms with Gasteiger partial charge in [0, 0.05) is 0 Å². The van der Waals surface area contributed by atoms with Crippen molar-refractivity contribution in [2.24, 2.45) is 11.8 Å². The fourth-order valence-electron chi connectivity index (χ4n) is 3.58. The normalized spacial score (nSPS) is 26.9. The number of rotatable bonds is 3. The van der Waals surface area contributed by atoms with E-state index in [0.29, 0.717) is 17.9 Å². The van der Waals surface area contributed by atoms with Crippen LogP contribution < -0.4 is 4.74 Å². The Balaban J connectivity index is 1.60. The third-order valence-electron chi connectivity index (χ3n) is 5.34. The molecule has 0 radical (unpaired) electrons. The van der Waals surface area contributed by atoms with E-state index >= 15 is 0 Å². The second kappa shape index (κ2) is 7.65. The van der Waals surface area contributed by atoms with Crippen molar-refractivity contribution < 1.29 is 23.0 Å². The van der Waals surface area contributed by atoms with Gasteiger partial charge >= 0.3 is 5.97 Å². The van der Waals surface area contributed by atoms with Gasteiger partial charge < -0.3 is 9.47 Å². The van der Waals surface area contributed by atoms with Gasteiger partial charge in [-0.25, -0.2) is 9.18 Å². The summed E-state index contributed by atoms with van der Waals surface area (Å²) in [7, 11) is 0. The maximum absolute atomic E-state index is 13.8. The zero-order valence-corrected chi connectivity index (χ0v) is 14.7. The number of benzene rings is 1. The van der Waals surface area contributed by atoms with Crippen molar-refractivity contribution in [1.29, 1.82) is 0 Å². The van der Waals surface area contributed by atoms with Crippen LogP contribution in [-0.2, 0) is 9.53 Å². The molecular weight excluding hydrogens is 326 g/mol. The zero-order valence-electron chi connectivity index (χ0n) is 14.7. The van der Waals surface area contributed by atoms with Crippen molar-refractivity contribution in [3.05, 3.63) is 41.0 Å². The number of carbonyl (C=O) groups excluding carboxylic acids is 1. The Morgan fingerprint density at radius 1 is 1.16 bits per heavy atom. The first kappa shape index (κ1) is 18.1. The predicted molar refractivity (Wildman–Crippen MR) is 90.3 cm³/mol. The average Bonchev–Trinajstić information content (AvgIpc) is 2.63. The molecule has 1 saturated carbocycles. The number of esters is 1. The molecule has 0 N–H and O–H groups in total. The molecule has 0 aromatic heterocycles. The molecule has 3 nitrogen and oxygen atoms in total. The van der Waals surface area contributed by atoms with E-state index in [0.717, 1.165) is 18.8 Å². The highest BCUT2D eigenvalue weighted by molar-refractivity contribution is 5.90. The largest absolute Gasteiger partial charge is 0.420 e. The second-order valence-corrected chi connectivity index (χ2v) is 7.23. The number of carbonyl (C=O) groups is 1. The van der Waals surface area contributed by atoms with E-state index in [1.807, 2.05) is 6.08 Å². The molecule has 0 saturated heterocycles. The summed E-state index contributed by atoms with van der Waals surface area (Å²) in [5.74, 6) is -1.89. The summed E-state index contributed by atoms with van der Waals surface area (Å²) in [6.07, 6.45) is 7.38. The first-order chi connectivity index (χ1) is 12.0. The lowest BCUT2D eigenvalue weighted by Gasteiger charge is -2.34. The molecule has 0 bridgehead atoms. The van der Waals surface area contributed by atoms with Gasteiger partial charge in [0.1, 0.15) is 0 Å². The smallest absolute Gasteiger partial charge is 0.341 e. The van der Waals surface area contributed by atoms with Crippen molar-refractivity contribution in [1.82, 2.24) is 0 Å². The number of halogens is 2. The van der Waals surface area contributed by atoms with E-state index in [1.165, 1.54) is 31.9 Å². The van der Waals surface area contributed by atoms with E-state index in [9.17, 15) is 13.6 Å². The quantitative estimate of drug-likeness (QED) is 0.584. The number of aryl methyl sites for hydroxylation is 1. The van der Waals surface area contributed by atoms with Gasteiger partial charge in [-0.2, -0.15) is 4.39 Å². The molecule has 136 valence electrons. The lowest BCUT2D eigenvalue weighted by molar-refractivity contribution is -0.132. The van der Waals surface area contributed by atoms with Crippen LogP contribution in [0.15, 0.2) is 23.8 Å².